The van der Waals surface area contributed by atoms with E-state index >= 15 is 0 Å². The molecule has 118 valence electrons. The Bertz CT molecular complexity index is 777. The number of thiophene rings is 1. The van der Waals surface area contributed by atoms with Gasteiger partial charge < -0.3 is 9.64 Å². The van der Waals surface area contributed by atoms with Gasteiger partial charge in [-0.25, -0.2) is 4.68 Å². The third-order valence-electron chi connectivity index (χ3n) is 3.87. The molecule has 1 aromatic carbocycles. The second-order valence-electron chi connectivity index (χ2n) is 5.35. The van der Waals surface area contributed by atoms with Gasteiger partial charge in [0.25, 0.3) is 0 Å². The highest BCUT2D eigenvalue weighted by Crippen LogP contribution is 2.30. The van der Waals surface area contributed by atoms with E-state index < -0.39 is 0 Å². The molecule has 1 saturated heterocycles. The van der Waals surface area contributed by atoms with Crippen molar-refractivity contribution in [2.45, 2.75) is 0 Å². The van der Waals surface area contributed by atoms with E-state index in [4.69, 9.17) is 21.4 Å². The summed E-state index contributed by atoms with van der Waals surface area (Å²) < 4.78 is 7.47. The number of nitrogens with zero attached hydrogens (tertiary/aromatic N) is 3. The van der Waals surface area contributed by atoms with Gasteiger partial charge in [-0.05, 0) is 35.7 Å². The normalized spacial score (nSPS) is 15.1. The zero-order valence-electron chi connectivity index (χ0n) is 12.5. The Labute approximate surface area is 143 Å². The third-order valence-corrected chi connectivity index (χ3v) is 5.01. The van der Waals surface area contributed by atoms with Crippen LogP contribution in [0.5, 0.6) is 0 Å². The first-order valence-electron chi connectivity index (χ1n) is 7.54. The SMILES string of the molecule is Clc1ccc(-n2nc(-c3cccs3)cc2N2CCOCC2)cc1. The topological polar surface area (TPSA) is 30.3 Å². The summed E-state index contributed by atoms with van der Waals surface area (Å²) in [4.78, 5) is 3.49. The monoisotopic (exact) mass is 345 g/mol. The summed E-state index contributed by atoms with van der Waals surface area (Å²) in [5.41, 5.74) is 2.01. The highest BCUT2D eigenvalue weighted by atomic mass is 35.5. The van der Waals surface area contributed by atoms with Crippen molar-refractivity contribution in [2.24, 2.45) is 0 Å². The van der Waals surface area contributed by atoms with Gasteiger partial charge in [0.15, 0.2) is 0 Å². The molecule has 0 saturated carbocycles. The van der Waals surface area contributed by atoms with Crippen LogP contribution in [-0.2, 0) is 4.74 Å². The van der Waals surface area contributed by atoms with Gasteiger partial charge in [-0.2, -0.15) is 5.10 Å². The van der Waals surface area contributed by atoms with Gasteiger partial charge in [-0.3, -0.25) is 0 Å². The Morgan fingerprint density at radius 2 is 1.87 bits per heavy atom. The number of aromatic nitrogens is 2. The maximum Gasteiger partial charge on any atom is 0.133 e. The van der Waals surface area contributed by atoms with E-state index in [-0.39, 0.29) is 0 Å². The maximum absolute atomic E-state index is 6.02. The van der Waals surface area contributed by atoms with Crippen LogP contribution in [0.4, 0.5) is 5.82 Å². The molecule has 1 aliphatic heterocycles. The Balaban J connectivity index is 1.79. The highest BCUT2D eigenvalue weighted by molar-refractivity contribution is 7.13. The van der Waals surface area contributed by atoms with Gasteiger partial charge in [0, 0.05) is 24.2 Å². The van der Waals surface area contributed by atoms with Crippen molar-refractivity contribution in [1.82, 2.24) is 9.78 Å². The lowest BCUT2D eigenvalue weighted by molar-refractivity contribution is 0.122. The van der Waals surface area contributed by atoms with Crippen molar-refractivity contribution < 1.29 is 4.74 Å². The molecule has 0 radical (unpaired) electrons. The van der Waals surface area contributed by atoms with Crippen LogP contribution in [-0.4, -0.2) is 36.1 Å². The maximum atomic E-state index is 6.02. The Hall–Kier alpha value is -1.82. The van der Waals surface area contributed by atoms with Gasteiger partial charge in [-0.15, -0.1) is 11.3 Å². The van der Waals surface area contributed by atoms with Crippen molar-refractivity contribution in [1.29, 1.82) is 0 Å². The van der Waals surface area contributed by atoms with Crippen LogP contribution >= 0.6 is 22.9 Å². The lowest BCUT2D eigenvalue weighted by atomic mass is 10.3. The van der Waals surface area contributed by atoms with Crippen LogP contribution < -0.4 is 4.90 Å². The molecule has 0 bridgehead atoms. The summed E-state index contributed by atoms with van der Waals surface area (Å²) in [6, 6.07) is 14.1. The number of benzene rings is 1. The van der Waals surface area contributed by atoms with Gasteiger partial charge in [0.1, 0.15) is 11.5 Å². The zero-order valence-corrected chi connectivity index (χ0v) is 14.1. The van der Waals surface area contributed by atoms with Crippen molar-refractivity contribution in [3.8, 4) is 16.3 Å². The first-order chi connectivity index (χ1) is 11.3. The summed E-state index contributed by atoms with van der Waals surface area (Å²) in [5, 5.41) is 7.63. The summed E-state index contributed by atoms with van der Waals surface area (Å²) in [5.74, 6) is 1.10. The molecule has 0 N–H and O–H groups in total. The number of halogens is 1. The molecule has 3 aromatic rings. The minimum Gasteiger partial charge on any atom is -0.378 e. The van der Waals surface area contributed by atoms with Crippen molar-refractivity contribution >= 4 is 28.8 Å². The standard InChI is InChI=1S/C17H16ClN3OS/c18-13-3-5-14(6-4-13)21-17(20-7-9-22-10-8-20)12-15(19-21)16-2-1-11-23-16/h1-6,11-12H,7-10H2. The van der Waals surface area contributed by atoms with Crippen molar-refractivity contribution in [2.75, 3.05) is 31.2 Å². The van der Waals surface area contributed by atoms with E-state index in [0.717, 1.165) is 48.5 Å². The Kier molecular flexibility index (Phi) is 4.08. The molecule has 3 heterocycles. The molecular formula is C17H16ClN3OS. The predicted molar refractivity (Wildman–Crippen MR) is 94.9 cm³/mol. The van der Waals surface area contributed by atoms with E-state index in [1.54, 1.807) is 11.3 Å². The molecule has 1 aliphatic rings. The summed E-state index contributed by atoms with van der Waals surface area (Å²) >= 11 is 7.72. The van der Waals surface area contributed by atoms with E-state index in [2.05, 4.69) is 28.5 Å². The lowest BCUT2D eigenvalue weighted by Gasteiger charge is -2.28. The molecule has 0 spiro atoms. The van der Waals surface area contributed by atoms with Crippen LogP contribution in [0.15, 0.2) is 47.8 Å². The predicted octanol–water partition coefficient (Wildman–Crippen LogP) is 4.09. The molecule has 4 nitrogen and oxygen atoms in total. The van der Waals surface area contributed by atoms with Crippen LogP contribution in [0.3, 0.4) is 0 Å². The van der Waals surface area contributed by atoms with Crippen LogP contribution in [0, 0.1) is 0 Å². The fraction of sp³-hybridized carbons (Fsp3) is 0.235. The largest absolute Gasteiger partial charge is 0.378 e. The summed E-state index contributed by atoms with van der Waals surface area (Å²) in [6.07, 6.45) is 0. The van der Waals surface area contributed by atoms with Crippen molar-refractivity contribution in [3.05, 3.63) is 52.9 Å². The fourth-order valence-corrected chi connectivity index (χ4v) is 3.51. The number of hydrogen-bond acceptors (Lipinski definition) is 4. The molecule has 0 amide bonds. The first-order valence-corrected chi connectivity index (χ1v) is 8.79. The summed E-state index contributed by atoms with van der Waals surface area (Å²) in [6.45, 7) is 3.26. The van der Waals surface area contributed by atoms with Gasteiger partial charge in [-0.1, -0.05) is 17.7 Å². The highest BCUT2D eigenvalue weighted by Gasteiger charge is 2.19. The molecule has 23 heavy (non-hydrogen) atoms. The molecule has 6 heteroatoms. The van der Waals surface area contributed by atoms with Gasteiger partial charge in [0.05, 0.1) is 23.8 Å². The van der Waals surface area contributed by atoms with Crippen LogP contribution in [0.25, 0.3) is 16.3 Å². The molecule has 2 aromatic heterocycles. The molecule has 0 unspecified atom stereocenters. The molecule has 1 fully saturated rings. The average molecular weight is 346 g/mol. The number of morpholine rings is 1. The zero-order chi connectivity index (χ0) is 15.6. The van der Waals surface area contributed by atoms with Crippen LogP contribution in [0.2, 0.25) is 5.02 Å². The number of hydrogen-bond donors (Lipinski definition) is 0. The fourth-order valence-electron chi connectivity index (χ4n) is 2.71. The van der Waals surface area contributed by atoms with E-state index in [1.165, 1.54) is 4.88 Å². The minimum absolute atomic E-state index is 0.729. The van der Waals surface area contributed by atoms with Crippen molar-refractivity contribution in [3.63, 3.8) is 0 Å². The molecule has 0 aliphatic carbocycles. The number of rotatable bonds is 3. The van der Waals surface area contributed by atoms with Gasteiger partial charge >= 0.3 is 0 Å². The number of ether oxygens (including phenoxy) is 1. The van der Waals surface area contributed by atoms with E-state index in [9.17, 15) is 0 Å². The first kappa shape index (κ1) is 14.8. The Morgan fingerprint density at radius 3 is 2.57 bits per heavy atom. The van der Waals surface area contributed by atoms with E-state index in [1.807, 2.05) is 28.9 Å². The molecule has 4 rings (SSSR count). The van der Waals surface area contributed by atoms with Gasteiger partial charge in [0.2, 0.25) is 0 Å². The quantitative estimate of drug-likeness (QED) is 0.716. The second-order valence-corrected chi connectivity index (χ2v) is 6.74. The lowest BCUT2D eigenvalue weighted by Crippen LogP contribution is -2.37. The molecular weight excluding hydrogens is 330 g/mol. The minimum atomic E-state index is 0.729. The molecule has 0 atom stereocenters. The van der Waals surface area contributed by atoms with Crippen LogP contribution in [0.1, 0.15) is 0 Å². The third kappa shape index (κ3) is 3.00. The average Bonchev–Trinajstić information content (AvgIpc) is 3.26. The smallest absolute Gasteiger partial charge is 0.133 e. The Morgan fingerprint density at radius 1 is 1.09 bits per heavy atom. The summed E-state index contributed by atoms with van der Waals surface area (Å²) in [7, 11) is 0. The second kappa shape index (κ2) is 6.35. The number of anilines is 1. The van der Waals surface area contributed by atoms with E-state index in [0.29, 0.717) is 0 Å².